The van der Waals surface area contributed by atoms with Crippen LogP contribution in [0.15, 0.2) is 143 Å². The average Bonchev–Trinajstić information content (AvgIpc) is 3.26. The Morgan fingerprint density at radius 1 is 0.703 bits per heavy atom. The molecule has 0 unspecified atom stereocenters. The number of halogens is 1. The van der Waals surface area contributed by atoms with Crippen molar-refractivity contribution >= 4 is 37.1 Å². The zero-order valence-corrected chi connectivity index (χ0v) is 42.4. The molecule has 0 amide bonds. The molecule has 0 fully saturated rings. The normalized spacial score (nSPS) is 17.3. The van der Waals surface area contributed by atoms with E-state index in [9.17, 15) is 27.9 Å². The van der Waals surface area contributed by atoms with Crippen LogP contribution >= 0.6 is 9.69 Å². The number of aryl methyl sites for hydroxylation is 1. The van der Waals surface area contributed by atoms with E-state index in [4.69, 9.17) is 15.2 Å². The maximum absolute atomic E-state index is 12.8. The zero-order valence-electron chi connectivity index (χ0n) is 39.1. The summed E-state index contributed by atoms with van der Waals surface area (Å²) in [5.41, 5.74) is 12.4. The molecule has 13 heteroatoms. The van der Waals surface area contributed by atoms with Gasteiger partial charge in [-0.2, -0.15) is 0 Å². The van der Waals surface area contributed by atoms with Crippen molar-refractivity contribution in [3.63, 3.8) is 0 Å². The van der Waals surface area contributed by atoms with Gasteiger partial charge in [0.25, 0.3) is 0 Å². The number of Topliss-reactive ketones (excluding diaryl/α,β-unsaturated/α-hetero) is 3. The van der Waals surface area contributed by atoms with Gasteiger partial charge in [0.05, 0.1) is 14.2 Å². The number of carbonyl (C=O) groups excluding carboxylic acids is 3. The number of nitrogens with zero attached hydrogens (tertiary/aromatic N) is 1. The van der Waals surface area contributed by atoms with Gasteiger partial charge in [-0.3, -0.25) is 14.4 Å². The van der Waals surface area contributed by atoms with Crippen molar-refractivity contribution in [1.29, 1.82) is 0 Å². The van der Waals surface area contributed by atoms with E-state index in [-0.39, 0.29) is 41.9 Å². The Morgan fingerprint density at radius 2 is 1.14 bits per heavy atom. The van der Waals surface area contributed by atoms with E-state index in [0.29, 0.717) is 34.8 Å². The standard InChI is InChI=1S/C21H20N2O2S.C10H16O3.C10H14O3.C9H12.CH3.ClH.Ru/c1-16-12-14-19(15-13-16)26(24,25)23-21(18-10-6-3-7-11-18)20(22)17-8-4-2-5-9-17;2*1-6-8(13-4)7(11)5-10(2,3)9(6)12;1-8(2)9-6-4-3-5-7-9;;;/h2-15,20-22H,1H3;7,11H,5H2,1-4H3;5H2,1-4H3;3-8H,1-2H3;1H3;1H;/q-2;;;;-1;;+4/p-1/t20-,21-;7-;;;;;/m00...../s1. The van der Waals surface area contributed by atoms with Crippen LogP contribution in [-0.2, 0) is 51.2 Å². The monoisotopic (exact) mass is 1000 g/mol. The van der Waals surface area contributed by atoms with Gasteiger partial charge in [-0.1, -0.05) is 161 Å². The SMILES string of the molecule is CC(C)c1ccccc1.COC1=C(C)C(=O)C(C)(C)CC1=O.COC1=C(C)C(=O)C(C)(C)C[C@@H]1O.Cc1ccc(S(=O)(=O)[N-][C@@H](c2ccccc2)[C@@H]([NH-])c2ccccc2)cc1.[CH3-].[Cl][Ru+3]. The fourth-order valence-corrected chi connectivity index (χ4v) is 8.19. The predicted molar refractivity (Wildman–Crippen MR) is 254 cm³/mol. The summed E-state index contributed by atoms with van der Waals surface area (Å²) in [4.78, 5) is 35.0. The number of allylic oxidation sites excluding steroid dienone is 3. The van der Waals surface area contributed by atoms with E-state index in [0.717, 1.165) is 11.1 Å². The molecule has 0 aliphatic heterocycles. The molecule has 2 aliphatic carbocycles. The number of rotatable bonds is 9. The number of benzene rings is 4. The molecule has 0 saturated carbocycles. The van der Waals surface area contributed by atoms with Crippen molar-refractivity contribution in [3.05, 3.63) is 178 Å². The van der Waals surface area contributed by atoms with Gasteiger partial charge < -0.3 is 32.5 Å². The molecular weight excluding hydrogens is 937 g/mol. The summed E-state index contributed by atoms with van der Waals surface area (Å²) >= 11 is 1.82. The van der Waals surface area contributed by atoms with Crippen molar-refractivity contribution in [2.45, 2.75) is 104 Å². The molecule has 0 saturated heterocycles. The Kier molecular flexibility index (Phi) is 24.0. The summed E-state index contributed by atoms with van der Waals surface area (Å²) in [6.45, 7) is 16.9. The number of hydrogen-bond acceptors (Lipinski definition) is 8. The topological polar surface area (TPSA) is 162 Å². The summed E-state index contributed by atoms with van der Waals surface area (Å²) in [7, 11) is 3.60. The van der Waals surface area contributed by atoms with Crippen molar-refractivity contribution in [2.24, 2.45) is 10.8 Å². The van der Waals surface area contributed by atoms with Crippen molar-refractivity contribution in [2.75, 3.05) is 14.2 Å². The molecule has 4 aromatic rings. The Hall–Kier alpha value is -4.29. The van der Waals surface area contributed by atoms with Crippen LogP contribution in [0, 0.1) is 25.2 Å². The fraction of sp³-hybridized carbons (Fsp3) is 0.373. The molecule has 64 heavy (non-hydrogen) atoms. The molecule has 348 valence electrons. The first-order valence-corrected chi connectivity index (χ1v) is 24.1. The van der Waals surface area contributed by atoms with E-state index in [1.54, 1.807) is 52.0 Å². The maximum atomic E-state index is 12.8. The molecule has 0 aromatic heterocycles. The van der Waals surface area contributed by atoms with Crippen LogP contribution in [0.1, 0.15) is 108 Å². The van der Waals surface area contributed by atoms with Crippen molar-refractivity contribution in [1.82, 2.24) is 0 Å². The summed E-state index contributed by atoms with van der Waals surface area (Å²) in [5.74, 6) is 1.29. The van der Waals surface area contributed by atoms with Gasteiger partial charge >= 0.3 is 27.0 Å². The minimum atomic E-state index is -3.87. The third-order valence-electron chi connectivity index (χ3n) is 10.6. The molecule has 2 N–H and O–H groups in total. The molecule has 3 atom stereocenters. The van der Waals surface area contributed by atoms with Crippen molar-refractivity contribution in [3.8, 4) is 0 Å². The van der Waals surface area contributed by atoms with E-state index >= 15 is 0 Å². The number of hydrogen-bond donors (Lipinski definition) is 1. The van der Waals surface area contributed by atoms with Gasteiger partial charge in [-0.15, -0.1) is 12.1 Å². The van der Waals surface area contributed by atoms with Crippen LogP contribution < -0.4 is 0 Å². The van der Waals surface area contributed by atoms with Crippen LogP contribution in [0.25, 0.3) is 10.5 Å². The molecular formula is C51H65ClN2O8RuS. The Labute approximate surface area is 396 Å². The van der Waals surface area contributed by atoms with Crippen LogP contribution in [0.4, 0.5) is 0 Å². The molecule has 0 radical (unpaired) electrons. The first-order chi connectivity index (χ1) is 29.6. The van der Waals surface area contributed by atoms with Gasteiger partial charge in [0.1, 0.15) is 21.9 Å². The van der Waals surface area contributed by atoms with Gasteiger partial charge in [-0.25, -0.2) is 8.42 Å². The molecule has 6 rings (SSSR count). The quantitative estimate of drug-likeness (QED) is 0.128. The van der Waals surface area contributed by atoms with Crippen LogP contribution in [0.5, 0.6) is 0 Å². The molecule has 10 nitrogen and oxygen atoms in total. The third-order valence-corrected chi connectivity index (χ3v) is 11.9. The third kappa shape index (κ3) is 16.3. The first-order valence-electron chi connectivity index (χ1n) is 20.4. The number of carbonyl (C=O) groups is 3. The van der Waals surface area contributed by atoms with Gasteiger partial charge in [0.2, 0.25) is 0 Å². The van der Waals surface area contributed by atoms with Gasteiger partial charge in [0.15, 0.2) is 23.1 Å². The van der Waals surface area contributed by atoms with Crippen molar-refractivity contribution < 1.29 is 54.7 Å². The Bertz CT molecular complexity index is 2260. The number of aliphatic hydroxyl groups is 1. The van der Waals surface area contributed by atoms with E-state index in [1.807, 2.05) is 105 Å². The summed E-state index contributed by atoms with van der Waals surface area (Å²) in [6.07, 6.45) is 0.0382. The minimum absolute atomic E-state index is 0. The molecule has 2 aliphatic rings. The number of ketones is 3. The second-order valence-corrected chi connectivity index (χ2v) is 18.4. The number of nitrogens with one attached hydrogen (secondary N) is 1. The predicted octanol–water partition coefficient (Wildman–Crippen LogP) is 12.3. The molecule has 0 spiro atoms. The van der Waals surface area contributed by atoms with Gasteiger partial charge in [0, 0.05) is 33.3 Å². The second kappa shape index (κ2) is 26.6. The second-order valence-electron chi connectivity index (χ2n) is 16.8. The molecule has 4 aromatic carbocycles. The first kappa shape index (κ1) is 57.7. The molecule has 0 bridgehead atoms. The number of sulfonamides is 1. The van der Waals surface area contributed by atoms with Crippen LogP contribution in [-0.4, -0.2) is 51.2 Å². The molecule has 0 heterocycles. The Morgan fingerprint density at radius 3 is 1.56 bits per heavy atom. The van der Waals surface area contributed by atoms with Gasteiger partial charge in [-0.05, 0) is 50.8 Å². The summed E-state index contributed by atoms with van der Waals surface area (Å²) in [6, 6.07) is 33.8. The summed E-state index contributed by atoms with van der Waals surface area (Å²) in [5, 5.41) is 9.66. The number of methoxy groups -OCH3 is 2. The Balaban J connectivity index is 0.000000456. The summed E-state index contributed by atoms with van der Waals surface area (Å²) < 4.78 is 39.6. The average molecular weight is 1000 g/mol. The number of aliphatic hydroxyl groups excluding tert-OH is 1. The van der Waals surface area contributed by atoms with E-state index in [2.05, 4.69) is 52.5 Å². The van der Waals surface area contributed by atoms with E-state index in [1.165, 1.54) is 19.8 Å². The van der Waals surface area contributed by atoms with Crippen LogP contribution in [0.3, 0.4) is 0 Å². The van der Waals surface area contributed by atoms with E-state index < -0.39 is 39.0 Å². The fourth-order valence-electron chi connectivity index (χ4n) is 7.04. The zero-order chi connectivity index (χ0) is 47.7. The number of ether oxygens (including phenoxy) is 2. The van der Waals surface area contributed by atoms with Crippen LogP contribution in [0.2, 0.25) is 0 Å².